The van der Waals surface area contributed by atoms with Crippen molar-refractivity contribution in [2.75, 3.05) is 32.1 Å². The monoisotopic (exact) mass is 393 g/mol. The molecule has 1 N–H and O–H groups in total. The number of benzene rings is 1. The fraction of sp³-hybridized carbons (Fsp3) is 0.333. The number of carbonyl (C=O) groups is 1. The number of hydrogen-bond donors (Lipinski definition) is 1. The fourth-order valence-corrected chi connectivity index (χ4v) is 3.56. The molecular formula is C21H23N5O3. The molecule has 0 saturated carbocycles. The molecule has 8 heteroatoms. The number of aromatic nitrogens is 3. The minimum Gasteiger partial charge on any atom is -0.471 e. The fourth-order valence-electron chi connectivity index (χ4n) is 3.56. The van der Waals surface area contributed by atoms with E-state index in [4.69, 9.17) is 4.74 Å². The summed E-state index contributed by atoms with van der Waals surface area (Å²) in [6.45, 7) is 1.07. The Morgan fingerprint density at radius 2 is 2.03 bits per heavy atom. The van der Waals surface area contributed by atoms with Crippen LogP contribution in [0.15, 0.2) is 47.3 Å². The van der Waals surface area contributed by atoms with Crippen molar-refractivity contribution < 1.29 is 9.53 Å². The molecule has 150 valence electrons. The van der Waals surface area contributed by atoms with Crippen molar-refractivity contribution >= 4 is 22.6 Å². The van der Waals surface area contributed by atoms with Crippen LogP contribution in [0.5, 0.6) is 5.88 Å². The molecule has 1 unspecified atom stereocenters. The Balaban J connectivity index is 1.51. The second-order valence-corrected chi connectivity index (χ2v) is 7.35. The second-order valence-electron chi connectivity index (χ2n) is 7.35. The van der Waals surface area contributed by atoms with Crippen molar-refractivity contribution in [1.29, 1.82) is 0 Å². The summed E-state index contributed by atoms with van der Waals surface area (Å²) < 4.78 is 5.96. The average molecular weight is 393 g/mol. The molecule has 8 nitrogen and oxygen atoms in total. The van der Waals surface area contributed by atoms with Gasteiger partial charge < -0.3 is 19.5 Å². The largest absolute Gasteiger partial charge is 0.471 e. The van der Waals surface area contributed by atoms with Gasteiger partial charge in [0.15, 0.2) is 5.82 Å². The van der Waals surface area contributed by atoms with Crippen LogP contribution >= 0.6 is 0 Å². The lowest BCUT2D eigenvalue weighted by Crippen LogP contribution is -2.44. The van der Waals surface area contributed by atoms with Crippen molar-refractivity contribution in [3.63, 3.8) is 0 Å². The normalized spacial score (nSPS) is 16.6. The maximum absolute atomic E-state index is 13.2. The molecule has 0 aliphatic carbocycles. The molecule has 1 aliphatic heterocycles. The highest BCUT2D eigenvalue weighted by atomic mass is 16.5. The summed E-state index contributed by atoms with van der Waals surface area (Å²) in [5.41, 5.74) is 0.789. The van der Waals surface area contributed by atoms with E-state index in [0.29, 0.717) is 30.0 Å². The van der Waals surface area contributed by atoms with Crippen LogP contribution in [-0.4, -0.2) is 59.3 Å². The molecule has 1 aromatic carbocycles. The molecule has 29 heavy (non-hydrogen) atoms. The van der Waals surface area contributed by atoms with Crippen molar-refractivity contribution in [3.8, 4) is 5.88 Å². The molecule has 2 aromatic heterocycles. The number of carbonyl (C=O) groups excluding carboxylic acids is 1. The van der Waals surface area contributed by atoms with Gasteiger partial charge in [-0.2, -0.15) is 0 Å². The predicted molar refractivity (Wildman–Crippen MR) is 110 cm³/mol. The molecule has 1 saturated heterocycles. The van der Waals surface area contributed by atoms with Crippen LogP contribution in [0, 0.1) is 0 Å². The Bertz CT molecular complexity index is 1080. The molecule has 1 atom stereocenters. The van der Waals surface area contributed by atoms with Crippen LogP contribution in [0.2, 0.25) is 0 Å². The number of hydrogen-bond acceptors (Lipinski definition) is 6. The smallest absolute Gasteiger partial charge is 0.254 e. The lowest BCUT2D eigenvalue weighted by atomic mass is 10.0. The van der Waals surface area contributed by atoms with Gasteiger partial charge in [0.2, 0.25) is 11.4 Å². The van der Waals surface area contributed by atoms with E-state index in [2.05, 4.69) is 15.2 Å². The number of nitrogens with one attached hydrogen (secondary N) is 1. The molecule has 0 radical (unpaired) electrons. The van der Waals surface area contributed by atoms with Crippen LogP contribution in [0.4, 0.5) is 5.82 Å². The average Bonchev–Trinajstić information content (AvgIpc) is 2.73. The van der Waals surface area contributed by atoms with Gasteiger partial charge in [-0.15, -0.1) is 10.2 Å². The highest BCUT2D eigenvalue weighted by Crippen LogP contribution is 2.21. The van der Waals surface area contributed by atoms with Gasteiger partial charge in [0.1, 0.15) is 6.10 Å². The molecule has 1 amide bonds. The first-order valence-corrected chi connectivity index (χ1v) is 9.60. The number of anilines is 1. The molecule has 0 spiro atoms. The Morgan fingerprint density at radius 3 is 2.79 bits per heavy atom. The van der Waals surface area contributed by atoms with Crippen LogP contribution in [0.25, 0.3) is 10.9 Å². The molecule has 1 fully saturated rings. The number of H-pyrrole nitrogens is 1. The molecular weight excluding hydrogens is 370 g/mol. The summed E-state index contributed by atoms with van der Waals surface area (Å²) >= 11 is 0. The van der Waals surface area contributed by atoms with E-state index in [-0.39, 0.29) is 17.6 Å². The Kier molecular flexibility index (Phi) is 5.16. The number of ether oxygens (including phenoxy) is 1. The number of para-hydroxylation sites is 1. The zero-order chi connectivity index (χ0) is 20.4. The zero-order valence-electron chi connectivity index (χ0n) is 16.5. The summed E-state index contributed by atoms with van der Waals surface area (Å²) in [6.07, 6.45) is 1.48. The van der Waals surface area contributed by atoms with Crippen LogP contribution in [-0.2, 0) is 0 Å². The molecule has 0 bridgehead atoms. The topological polar surface area (TPSA) is 91.4 Å². The van der Waals surface area contributed by atoms with Crippen LogP contribution in [0.1, 0.15) is 23.2 Å². The van der Waals surface area contributed by atoms with Gasteiger partial charge in [-0.05, 0) is 25.0 Å². The van der Waals surface area contributed by atoms with E-state index >= 15 is 0 Å². The van der Waals surface area contributed by atoms with E-state index in [1.165, 1.54) is 6.07 Å². The van der Waals surface area contributed by atoms with E-state index in [9.17, 15) is 9.59 Å². The first kappa shape index (κ1) is 18.9. The number of likely N-dealkylation sites (tertiary alicyclic amines) is 1. The standard InChI is InChI=1S/C21H23N5O3/c1-25(2)18-9-10-20(24-23-18)29-14-6-5-11-26(13-14)21(28)16-12-19(27)22-17-8-4-3-7-15(16)17/h3-4,7-10,12,14H,5-6,11,13H2,1-2H3,(H,22,27). The van der Waals surface area contributed by atoms with Gasteiger partial charge in [0.05, 0.1) is 12.1 Å². The first-order valence-electron chi connectivity index (χ1n) is 9.60. The third-order valence-corrected chi connectivity index (χ3v) is 5.02. The zero-order valence-corrected chi connectivity index (χ0v) is 16.5. The minimum atomic E-state index is -0.284. The van der Waals surface area contributed by atoms with E-state index in [0.717, 1.165) is 24.0 Å². The third-order valence-electron chi connectivity index (χ3n) is 5.02. The van der Waals surface area contributed by atoms with Gasteiger partial charge in [-0.25, -0.2) is 0 Å². The maximum atomic E-state index is 13.2. The van der Waals surface area contributed by atoms with Crippen molar-refractivity contribution in [2.45, 2.75) is 18.9 Å². The van der Waals surface area contributed by atoms with Crippen LogP contribution < -0.4 is 15.2 Å². The van der Waals surface area contributed by atoms with Crippen molar-refractivity contribution in [3.05, 3.63) is 58.4 Å². The first-order chi connectivity index (χ1) is 14.0. The van der Waals surface area contributed by atoms with Crippen molar-refractivity contribution in [1.82, 2.24) is 20.1 Å². The Morgan fingerprint density at radius 1 is 1.21 bits per heavy atom. The number of fused-ring (bicyclic) bond motifs is 1. The van der Waals surface area contributed by atoms with Gasteiger partial charge in [0, 0.05) is 43.7 Å². The Labute approximate surface area is 168 Å². The highest BCUT2D eigenvalue weighted by molar-refractivity contribution is 6.06. The predicted octanol–water partition coefficient (Wildman–Crippen LogP) is 2.07. The minimum absolute atomic E-state index is 0.158. The molecule has 4 rings (SSSR count). The van der Waals surface area contributed by atoms with Gasteiger partial charge in [-0.3, -0.25) is 9.59 Å². The number of rotatable bonds is 4. The quantitative estimate of drug-likeness (QED) is 0.730. The maximum Gasteiger partial charge on any atom is 0.254 e. The van der Waals surface area contributed by atoms with Gasteiger partial charge >= 0.3 is 0 Å². The number of aromatic amines is 1. The summed E-state index contributed by atoms with van der Waals surface area (Å²) in [5, 5.41) is 8.97. The summed E-state index contributed by atoms with van der Waals surface area (Å²) in [4.78, 5) is 31.6. The third kappa shape index (κ3) is 4.06. The second kappa shape index (κ2) is 7.90. The molecule has 3 heterocycles. The lowest BCUT2D eigenvalue weighted by molar-refractivity contribution is 0.0527. The summed E-state index contributed by atoms with van der Waals surface area (Å²) in [6, 6.07) is 12.3. The SMILES string of the molecule is CN(C)c1ccc(OC2CCCN(C(=O)c3cc(=O)[nH]c4ccccc34)C2)nn1. The van der Waals surface area contributed by atoms with Gasteiger partial charge in [0.25, 0.3) is 5.91 Å². The van der Waals surface area contributed by atoms with E-state index in [1.54, 1.807) is 17.0 Å². The molecule has 3 aromatic rings. The summed E-state index contributed by atoms with van der Waals surface area (Å²) in [7, 11) is 3.79. The van der Waals surface area contributed by atoms with E-state index < -0.39 is 0 Å². The number of pyridine rings is 1. The van der Waals surface area contributed by atoms with Crippen LogP contribution in [0.3, 0.4) is 0 Å². The Hall–Kier alpha value is -3.42. The lowest BCUT2D eigenvalue weighted by Gasteiger charge is -2.32. The van der Waals surface area contributed by atoms with Gasteiger partial charge in [-0.1, -0.05) is 18.2 Å². The van der Waals surface area contributed by atoms with Crippen molar-refractivity contribution in [2.24, 2.45) is 0 Å². The number of nitrogens with zero attached hydrogens (tertiary/aromatic N) is 4. The number of piperidine rings is 1. The number of amides is 1. The molecule has 1 aliphatic rings. The van der Waals surface area contributed by atoms with E-state index in [1.807, 2.05) is 43.3 Å². The summed E-state index contributed by atoms with van der Waals surface area (Å²) in [5.74, 6) is 1.03. The highest BCUT2D eigenvalue weighted by Gasteiger charge is 2.27.